The monoisotopic (exact) mass is 337 g/mol. The smallest absolute Gasteiger partial charge is 0.235 e. The minimum absolute atomic E-state index is 0.0960. The second kappa shape index (κ2) is 7.56. The molecule has 0 bridgehead atoms. The highest BCUT2D eigenvalue weighted by Crippen LogP contribution is 2.16. The van der Waals surface area contributed by atoms with E-state index in [2.05, 4.69) is 4.72 Å². The van der Waals surface area contributed by atoms with Crippen LogP contribution in [0, 0.1) is 0 Å². The minimum atomic E-state index is -3.62. The van der Waals surface area contributed by atoms with Crippen molar-refractivity contribution in [3.63, 3.8) is 0 Å². The summed E-state index contributed by atoms with van der Waals surface area (Å²) in [5.41, 5.74) is 1.99. The Kier molecular flexibility index (Phi) is 5.74. The molecule has 2 aromatic rings. The summed E-state index contributed by atoms with van der Waals surface area (Å²) >= 11 is 1.56. The predicted molar refractivity (Wildman–Crippen MR) is 89.4 cm³/mol. The Bertz CT molecular complexity index is 694. The summed E-state index contributed by atoms with van der Waals surface area (Å²) in [7, 11) is -3.62. The van der Waals surface area contributed by atoms with Gasteiger partial charge in [0.05, 0.1) is 5.75 Å². The van der Waals surface area contributed by atoms with Gasteiger partial charge in [-0.05, 0) is 40.3 Å². The number of benzene rings is 1. The fraction of sp³-hybridized carbons (Fsp3) is 0.312. The summed E-state index contributed by atoms with van der Waals surface area (Å²) < 4.78 is 26.3. The summed E-state index contributed by atoms with van der Waals surface area (Å²) in [6.45, 7) is 1.84. The van der Waals surface area contributed by atoms with Crippen LogP contribution in [0.3, 0.4) is 0 Å². The minimum Gasteiger partial charge on any atom is -0.274 e. The lowest BCUT2D eigenvalue weighted by molar-refractivity contribution is -0.119. The Labute approximate surface area is 135 Å². The molecule has 1 amide bonds. The molecule has 118 valence electrons. The van der Waals surface area contributed by atoms with Crippen molar-refractivity contribution in [2.24, 2.45) is 0 Å². The maximum atomic E-state index is 12.1. The van der Waals surface area contributed by atoms with Crippen molar-refractivity contribution < 1.29 is 13.2 Å². The number of carbonyl (C=O) groups excluding carboxylic acids is 1. The third kappa shape index (κ3) is 5.27. The largest absolute Gasteiger partial charge is 0.274 e. The van der Waals surface area contributed by atoms with Crippen LogP contribution in [0.2, 0.25) is 0 Å². The zero-order valence-electron chi connectivity index (χ0n) is 12.4. The quantitative estimate of drug-likeness (QED) is 0.845. The van der Waals surface area contributed by atoms with Gasteiger partial charge < -0.3 is 0 Å². The second-order valence-corrected chi connectivity index (χ2v) is 7.80. The van der Waals surface area contributed by atoms with Gasteiger partial charge in [-0.2, -0.15) is 11.3 Å². The van der Waals surface area contributed by atoms with Gasteiger partial charge in [0, 0.05) is 6.42 Å². The van der Waals surface area contributed by atoms with Crippen LogP contribution in [0.4, 0.5) is 0 Å². The number of carbonyl (C=O) groups is 1. The molecule has 0 saturated heterocycles. The first-order valence-electron chi connectivity index (χ1n) is 7.05. The third-order valence-electron chi connectivity index (χ3n) is 3.33. The highest BCUT2D eigenvalue weighted by atomic mass is 32.2. The van der Waals surface area contributed by atoms with E-state index in [9.17, 15) is 13.2 Å². The lowest BCUT2D eigenvalue weighted by atomic mass is 10.0. The first-order valence-corrected chi connectivity index (χ1v) is 9.65. The van der Waals surface area contributed by atoms with Crippen molar-refractivity contribution in [2.45, 2.75) is 25.7 Å². The lowest BCUT2D eigenvalue weighted by Gasteiger charge is -2.13. The molecule has 0 aliphatic heterocycles. The summed E-state index contributed by atoms with van der Waals surface area (Å²) in [5.74, 6) is -0.712. The van der Waals surface area contributed by atoms with Gasteiger partial charge in [-0.25, -0.2) is 8.42 Å². The number of nitrogens with one attached hydrogen (secondary N) is 1. The zero-order chi connectivity index (χ0) is 16.0. The zero-order valence-corrected chi connectivity index (χ0v) is 14.0. The van der Waals surface area contributed by atoms with Crippen molar-refractivity contribution in [2.75, 3.05) is 5.75 Å². The van der Waals surface area contributed by atoms with Gasteiger partial charge in [-0.1, -0.05) is 37.3 Å². The number of thiophene rings is 1. The molecule has 1 heterocycles. The molecule has 0 saturated carbocycles. The molecule has 22 heavy (non-hydrogen) atoms. The van der Waals surface area contributed by atoms with Crippen LogP contribution in [0.5, 0.6) is 0 Å². The van der Waals surface area contributed by atoms with Gasteiger partial charge in [0.15, 0.2) is 0 Å². The molecule has 0 fully saturated rings. The van der Waals surface area contributed by atoms with Crippen LogP contribution >= 0.6 is 11.3 Å². The normalized spacial score (nSPS) is 12.8. The van der Waals surface area contributed by atoms with E-state index >= 15 is 0 Å². The number of amides is 1. The van der Waals surface area contributed by atoms with E-state index < -0.39 is 15.9 Å². The fourth-order valence-corrected chi connectivity index (χ4v) is 4.25. The molecule has 0 unspecified atom stereocenters. The van der Waals surface area contributed by atoms with Crippen LogP contribution < -0.4 is 4.72 Å². The molecule has 4 nitrogen and oxygen atoms in total. The van der Waals surface area contributed by atoms with Crippen LogP contribution in [-0.2, 0) is 21.2 Å². The second-order valence-electron chi connectivity index (χ2n) is 5.25. The van der Waals surface area contributed by atoms with Gasteiger partial charge in [-0.15, -0.1) is 0 Å². The number of hydrogen-bond acceptors (Lipinski definition) is 4. The Morgan fingerprint density at radius 1 is 1.23 bits per heavy atom. The van der Waals surface area contributed by atoms with Crippen molar-refractivity contribution >= 4 is 27.3 Å². The van der Waals surface area contributed by atoms with E-state index in [1.54, 1.807) is 11.3 Å². The molecule has 2 rings (SSSR count). The Morgan fingerprint density at radius 2 is 1.95 bits per heavy atom. The molecule has 1 N–H and O–H groups in total. The first kappa shape index (κ1) is 16.7. The molecular weight excluding hydrogens is 318 g/mol. The van der Waals surface area contributed by atoms with Crippen LogP contribution in [0.25, 0.3) is 0 Å². The molecule has 0 aliphatic carbocycles. The number of hydrogen-bond donors (Lipinski definition) is 1. The van der Waals surface area contributed by atoms with Crippen molar-refractivity contribution in [3.05, 3.63) is 58.3 Å². The van der Waals surface area contributed by atoms with Gasteiger partial charge in [0.2, 0.25) is 15.9 Å². The van der Waals surface area contributed by atoms with E-state index in [1.165, 1.54) is 0 Å². The van der Waals surface area contributed by atoms with Gasteiger partial charge >= 0.3 is 0 Å². The van der Waals surface area contributed by atoms with Gasteiger partial charge in [0.1, 0.15) is 0 Å². The van der Waals surface area contributed by atoms with E-state index in [1.807, 2.05) is 54.1 Å². The highest BCUT2D eigenvalue weighted by molar-refractivity contribution is 7.90. The highest BCUT2D eigenvalue weighted by Gasteiger charge is 2.19. The van der Waals surface area contributed by atoms with Crippen LogP contribution in [0.15, 0.2) is 47.2 Å². The summed E-state index contributed by atoms with van der Waals surface area (Å²) in [5, 5.41) is 3.89. The van der Waals surface area contributed by atoms with Crippen molar-refractivity contribution in [1.29, 1.82) is 0 Å². The molecule has 1 aromatic carbocycles. The first-order chi connectivity index (χ1) is 10.5. The summed E-state index contributed by atoms with van der Waals surface area (Å²) in [6, 6.07) is 11.3. The molecule has 0 spiro atoms. The van der Waals surface area contributed by atoms with Crippen molar-refractivity contribution in [3.8, 4) is 0 Å². The number of aryl methyl sites for hydroxylation is 1. The number of sulfonamides is 1. The topological polar surface area (TPSA) is 63.2 Å². The van der Waals surface area contributed by atoms with E-state index in [-0.39, 0.29) is 18.1 Å². The average molecular weight is 337 g/mol. The van der Waals surface area contributed by atoms with Crippen LogP contribution in [-0.4, -0.2) is 20.1 Å². The Balaban J connectivity index is 1.86. The van der Waals surface area contributed by atoms with E-state index in [0.29, 0.717) is 6.42 Å². The summed E-state index contributed by atoms with van der Waals surface area (Å²) in [4.78, 5) is 11.8. The third-order valence-corrected chi connectivity index (χ3v) is 5.54. The Morgan fingerprint density at radius 3 is 2.59 bits per heavy atom. The number of rotatable bonds is 7. The summed E-state index contributed by atoms with van der Waals surface area (Å²) in [6.07, 6.45) is 0.731. The SMILES string of the molecule is C[C@H](CS(=O)(=O)NC(=O)CCc1ccsc1)c1ccccc1. The standard InChI is InChI=1S/C16H19NO3S2/c1-13(15-5-3-2-4-6-15)12-22(19,20)17-16(18)8-7-14-9-10-21-11-14/h2-6,9-11,13H,7-8,12H2,1H3,(H,17,18)/t13-/m1/s1. The Hall–Kier alpha value is -1.66. The van der Waals surface area contributed by atoms with Gasteiger partial charge in [-0.3, -0.25) is 9.52 Å². The average Bonchev–Trinajstić information content (AvgIpc) is 2.98. The molecule has 0 radical (unpaired) electrons. The molecular formula is C16H19NO3S2. The van der Waals surface area contributed by atoms with E-state index in [0.717, 1.165) is 11.1 Å². The van der Waals surface area contributed by atoms with Crippen LogP contribution in [0.1, 0.15) is 30.4 Å². The maximum Gasteiger partial charge on any atom is 0.235 e. The lowest BCUT2D eigenvalue weighted by Crippen LogP contribution is -2.34. The molecule has 1 aromatic heterocycles. The molecule has 1 atom stereocenters. The van der Waals surface area contributed by atoms with Gasteiger partial charge in [0.25, 0.3) is 0 Å². The fourth-order valence-electron chi connectivity index (χ4n) is 2.17. The molecule has 0 aliphatic rings. The predicted octanol–water partition coefficient (Wildman–Crippen LogP) is 2.93. The molecule has 6 heteroatoms. The van der Waals surface area contributed by atoms with E-state index in [4.69, 9.17) is 0 Å². The maximum absolute atomic E-state index is 12.1. The van der Waals surface area contributed by atoms with Crippen molar-refractivity contribution in [1.82, 2.24) is 4.72 Å².